The van der Waals surface area contributed by atoms with E-state index in [4.69, 9.17) is 11.6 Å². The van der Waals surface area contributed by atoms with Crippen molar-refractivity contribution in [1.29, 1.82) is 0 Å². The van der Waals surface area contributed by atoms with Gasteiger partial charge in [-0.3, -0.25) is 0 Å². The van der Waals surface area contributed by atoms with Crippen molar-refractivity contribution in [2.45, 2.75) is 49.1 Å². The van der Waals surface area contributed by atoms with Crippen LogP contribution in [0.3, 0.4) is 0 Å². The molecule has 6 heteroatoms. The van der Waals surface area contributed by atoms with Gasteiger partial charge in [-0.1, -0.05) is 71.7 Å². The van der Waals surface area contributed by atoms with Crippen molar-refractivity contribution in [3.05, 3.63) is 75.7 Å². The predicted octanol–water partition coefficient (Wildman–Crippen LogP) is 5.41. The molecular formula is C28H34ClN3OS+2. The first-order valence-corrected chi connectivity index (χ1v) is 13.9. The van der Waals surface area contributed by atoms with Gasteiger partial charge in [-0.2, -0.15) is 0 Å². The smallest absolute Gasteiger partial charge is 0.256 e. The average molecular weight is 496 g/mol. The highest BCUT2D eigenvalue weighted by molar-refractivity contribution is 8.00. The maximum absolute atomic E-state index is 13.0. The van der Waals surface area contributed by atoms with Crippen LogP contribution in [-0.2, 0) is 0 Å². The quantitative estimate of drug-likeness (QED) is 0.342. The summed E-state index contributed by atoms with van der Waals surface area (Å²) in [5, 5.41) is 4.30. The Morgan fingerprint density at radius 1 is 1.03 bits per heavy atom. The standard InChI is InChI=1S/C28H34ClN3OS/c29-25-13-11-24(12-14-25)27(23-8-2-1-3-9-23)32(20-17-30-18-21-32)19-7-4-10-26-22-34-28(31(26)33)15-5-6-16-28/h1-3,8-9,11-14,26-27,30H,5-6,10,15-22H2/q+2. The summed E-state index contributed by atoms with van der Waals surface area (Å²) < 4.78 is 2.31. The summed E-state index contributed by atoms with van der Waals surface area (Å²) in [6.45, 7) is 4.79. The van der Waals surface area contributed by atoms with Crippen molar-refractivity contribution in [3.63, 3.8) is 0 Å². The third-order valence-corrected chi connectivity index (χ3v) is 9.76. The van der Waals surface area contributed by atoms with Gasteiger partial charge in [-0.15, -0.1) is 0 Å². The molecule has 1 saturated carbocycles. The van der Waals surface area contributed by atoms with E-state index in [2.05, 4.69) is 59.6 Å². The van der Waals surface area contributed by atoms with Crippen LogP contribution in [0.15, 0.2) is 54.6 Å². The second-order valence-corrected chi connectivity index (χ2v) is 11.8. The van der Waals surface area contributed by atoms with E-state index in [9.17, 15) is 4.91 Å². The van der Waals surface area contributed by atoms with E-state index in [-0.39, 0.29) is 17.0 Å². The van der Waals surface area contributed by atoms with E-state index < -0.39 is 0 Å². The van der Waals surface area contributed by atoms with Crippen LogP contribution in [0.4, 0.5) is 0 Å². The molecule has 178 valence electrons. The molecule has 0 bridgehead atoms. The molecule has 2 atom stereocenters. The molecule has 0 amide bonds. The van der Waals surface area contributed by atoms with Crippen molar-refractivity contribution in [3.8, 4) is 11.8 Å². The second kappa shape index (κ2) is 10.4. The van der Waals surface area contributed by atoms with Gasteiger partial charge in [0, 0.05) is 51.7 Å². The number of benzene rings is 2. The predicted molar refractivity (Wildman–Crippen MR) is 141 cm³/mol. The van der Waals surface area contributed by atoms with E-state index >= 15 is 0 Å². The Kier molecular flexibility index (Phi) is 7.32. The summed E-state index contributed by atoms with van der Waals surface area (Å²) in [5.41, 5.74) is 2.59. The molecule has 3 aliphatic rings. The van der Waals surface area contributed by atoms with Gasteiger partial charge in [0.1, 0.15) is 12.6 Å². The molecule has 0 radical (unpaired) electrons. The van der Waals surface area contributed by atoms with Crippen molar-refractivity contribution in [1.82, 2.24) is 5.32 Å². The third kappa shape index (κ3) is 4.79. The minimum Gasteiger partial charge on any atom is -0.306 e. The molecule has 2 unspecified atom stereocenters. The number of rotatable bonds is 5. The fourth-order valence-electron chi connectivity index (χ4n) is 6.01. The first kappa shape index (κ1) is 23.9. The first-order valence-electron chi connectivity index (χ1n) is 12.6. The van der Waals surface area contributed by atoms with Crippen LogP contribution in [0.25, 0.3) is 0 Å². The normalized spacial score (nSPS) is 24.0. The molecule has 1 N–H and O–H groups in total. The zero-order valence-electron chi connectivity index (χ0n) is 19.7. The van der Waals surface area contributed by atoms with Gasteiger partial charge in [-0.05, 0) is 30.9 Å². The number of thioether (sulfide) groups is 1. The summed E-state index contributed by atoms with van der Waals surface area (Å²) in [5.74, 6) is 7.90. The molecule has 1 spiro atoms. The number of nitroso groups, excluding NO2 is 1. The SMILES string of the molecule is O=[N+]1C(CC#CC[N+]2(C(c3ccccc3)c3ccc(Cl)cc3)CCNCC2)CSC12CCCC2. The number of piperazine rings is 1. The molecule has 4 nitrogen and oxygen atoms in total. The summed E-state index contributed by atoms with van der Waals surface area (Å²) >= 11 is 8.11. The van der Waals surface area contributed by atoms with Crippen LogP contribution < -0.4 is 5.32 Å². The molecule has 2 aromatic carbocycles. The lowest BCUT2D eigenvalue weighted by Crippen LogP contribution is -2.60. The Bertz CT molecular complexity index is 1050. The molecule has 34 heavy (non-hydrogen) atoms. The Hall–Kier alpha value is -1.84. The van der Waals surface area contributed by atoms with Crippen molar-refractivity contribution in [2.24, 2.45) is 0 Å². The molecule has 2 aliphatic heterocycles. The molecule has 3 fully saturated rings. The van der Waals surface area contributed by atoms with Crippen LogP contribution in [-0.4, -0.2) is 58.6 Å². The maximum atomic E-state index is 13.0. The van der Waals surface area contributed by atoms with Crippen LogP contribution in [0, 0.1) is 16.7 Å². The highest BCUT2D eigenvalue weighted by Gasteiger charge is 2.57. The minimum absolute atomic E-state index is 0.0354. The second-order valence-electron chi connectivity index (χ2n) is 9.94. The number of quaternary nitrogens is 1. The van der Waals surface area contributed by atoms with Gasteiger partial charge < -0.3 is 9.80 Å². The summed E-state index contributed by atoms with van der Waals surface area (Å²) in [6.07, 6.45) is 5.12. The number of nitrogens with zero attached hydrogens (tertiary/aromatic N) is 2. The fourth-order valence-corrected chi connectivity index (χ4v) is 7.74. The summed E-state index contributed by atoms with van der Waals surface area (Å²) in [6, 6.07) is 19.4. The van der Waals surface area contributed by atoms with E-state index in [1.807, 2.05) is 23.9 Å². The van der Waals surface area contributed by atoms with Crippen molar-refractivity contribution < 1.29 is 9.24 Å². The average Bonchev–Trinajstić information content (AvgIpc) is 3.47. The lowest BCUT2D eigenvalue weighted by molar-refractivity contribution is -0.946. The molecule has 0 aromatic heterocycles. The molecule has 5 rings (SSSR count). The first-order chi connectivity index (χ1) is 16.6. The van der Waals surface area contributed by atoms with Crippen LogP contribution in [0.1, 0.15) is 49.3 Å². The molecule has 2 saturated heterocycles. The Balaban J connectivity index is 1.38. The lowest BCUT2D eigenvalue weighted by atomic mass is 9.93. The summed E-state index contributed by atoms with van der Waals surface area (Å²) in [7, 11) is 0. The number of hydrogen-bond donors (Lipinski definition) is 1. The zero-order chi connectivity index (χ0) is 23.4. The van der Waals surface area contributed by atoms with Crippen molar-refractivity contribution >= 4 is 23.4 Å². The van der Waals surface area contributed by atoms with Crippen LogP contribution in [0.5, 0.6) is 0 Å². The molecule has 2 aromatic rings. The third-order valence-electron chi connectivity index (χ3n) is 7.84. The lowest BCUT2D eigenvalue weighted by Gasteiger charge is -2.46. The minimum atomic E-state index is -0.147. The Morgan fingerprint density at radius 3 is 2.41 bits per heavy atom. The van der Waals surface area contributed by atoms with Gasteiger partial charge in [0.25, 0.3) is 4.87 Å². The largest absolute Gasteiger partial charge is 0.306 e. The Morgan fingerprint density at radius 2 is 1.71 bits per heavy atom. The highest BCUT2D eigenvalue weighted by Crippen LogP contribution is 2.48. The highest BCUT2D eigenvalue weighted by atomic mass is 35.5. The topological polar surface area (TPSA) is 32.1 Å². The van der Waals surface area contributed by atoms with Crippen LogP contribution >= 0.6 is 23.4 Å². The van der Waals surface area contributed by atoms with E-state index in [1.165, 1.54) is 28.7 Å². The molecule has 1 aliphatic carbocycles. The van der Waals surface area contributed by atoms with E-state index in [1.54, 1.807) is 0 Å². The van der Waals surface area contributed by atoms with E-state index in [0.29, 0.717) is 6.42 Å². The van der Waals surface area contributed by atoms with Gasteiger partial charge in [0.2, 0.25) is 6.04 Å². The summed E-state index contributed by atoms with van der Waals surface area (Å²) in [4.78, 5) is 12.9. The number of halogens is 1. The zero-order valence-corrected chi connectivity index (χ0v) is 21.3. The van der Waals surface area contributed by atoms with Crippen LogP contribution in [0.2, 0.25) is 5.02 Å². The van der Waals surface area contributed by atoms with Crippen molar-refractivity contribution in [2.75, 3.05) is 38.5 Å². The van der Waals surface area contributed by atoms with Gasteiger partial charge in [0.05, 0.1) is 25.3 Å². The number of nitrogens with one attached hydrogen (secondary N) is 1. The van der Waals surface area contributed by atoms with Gasteiger partial charge >= 0.3 is 0 Å². The molecular weight excluding hydrogens is 462 g/mol. The monoisotopic (exact) mass is 495 g/mol. The maximum Gasteiger partial charge on any atom is 0.256 e. The Labute approximate surface area is 212 Å². The molecule has 2 heterocycles. The van der Waals surface area contributed by atoms with Gasteiger partial charge in [0.15, 0.2) is 0 Å². The van der Waals surface area contributed by atoms with Gasteiger partial charge in [-0.25, -0.2) is 0 Å². The fraction of sp³-hybridized carbons (Fsp3) is 0.500. The number of hydrogen-bond acceptors (Lipinski definition) is 3. The van der Waals surface area contributed by atoms with E-state index in [0.717, 1.165) is 60.8 Å².